The normalized spacial score (nSPS) is 12.2. The first-order valence-electron chi connectivity index (χ1n) is 6.56. The monoisotopic (exact) mass is 269 g/mol. The number of hydrogen-bond donors (Lipinski definition) is 1. The van der Waals surface area contributed by atoms with E-state index in [1.807, 2.05) is 11.8 Å². The van der Waals surface area contributed by atoms with Crippen molar-refractivity contribution in [1.82, 2.24) is 9.97 Å². The number of hydrogen-bond acceptors (Lipinski definition) is 5. The average Bonchev–Trinajstić information content (AvgIpc) is 2.37. The largest absolute Gasteiger partial charge is 0.478 e. The summed E-state index contributed by atoms with van der Waals surface area (Å²) in [7, 11) is 0. The third-order valence-electron chi connectivity index (χ3n) is 2.36. The van der Waals surface area contributed by atoms with Crippen molar-refractivity contribution in [2.75, 3.05) is 23.4 Å². The quantitative estimate of drug-likeness (QED) is 0.698. The first kappa shape index (κ1) is 15.1. The van der Waals surface area contributed by atoms with E-state index in [2.05, 4.69) is 36.1 Å². The molecular weight excluding hydrogens is 246 g/mol. The van der Waals surface area contributed by atoms with Crippen LogP contribution in [0.25, 0.3) is 0 Å². The molecule has 1 atom stereocenters. The van der Waals surface area contributed by atoms with Gasteiger partial charge in [-0.15, -0.1) is 0 Å². The lowest BCUT2D eigenvalue weighted by Crippen LogP contribution is -2.18. The highest BCUT2D eigenvalue weighted by atomic mass is 32.2. The fourth-order valence-electron chi connectivity index (χ4n) is 1.40. The number of aromatic nitrogens is 2. The molecule has 1 unspecified atom stereocenters. The van der Waals surface area contributed by atoms with Crippen molar-refractivity contribution in [3.63, 3.8) is 0 Å². The van der Waals surface area contributed by atoms with E-state index in [-0.39, 0.29) is 0 Å². The van der Waals surface area contributed by atoms with Gasteiger partial charge in [0.25, 0.3) is 0 Å². The molecule has 4 nitrogen and oxygen atoms in total. The van der Waals surface area contributed by atoms with Crippen LogP contribution in [0.5, 0.6) is 5.88 Å². The maximum Gasteiger partial charge on any atom is 0.226 e. The van der Waals surface area contributed by atoms with Gasteiger partial charge in [0.1, 0.15) is 0 Å². The maximum absolute atomic E-state index is 5.48. The molecule has 18 heavy (non-hydrogen) atoms. The molecule has 5 heteroatoms. The van der Waals surface area contributed by atoms with Gasteiger partial charge in [-0.1, -0.05) is 13.8 Å². The van der Waals surface area contributed by atoms with Gasteiger partial charge in [0.05, 0.1) is 6.61 Å². The van der Waals surface area contributed by atoms with Gasteiger partial charge >= 0.3 is 0 Å². The van der Waals surface area contributed by atoms with Crippen LogP contribution in [0.15, 0.2) is 12.3 Å². The first-order valence-corrected chi connectivity index (χ1v) is 7.71. The van der Waals surface area contributed by atoms with E-state index >= 15 is 0 Å². The third-order valence-corrected chi connectivity index (χ3v) is 3.29. The second-order valence-electron chi connectivity index (χ2n) is 4.10. The Morgan fingerprint density at radius 1 is 1.44 bits per heavy atom. The van der Waals surface area contributed by atoms with E-state index in [4.69, 9.17) is 4.74 Å². The Morgan fingerprint density at radius 3 is 3.00 bits per heavy atom. The van der Waals surface area contributed by atoms with Gasteiger partial charge in [-0.3, -0.25) is 0 Å². The van der Waals surface area contributed by atoms with Gasteiger partial charge in [0.15, 0.2) is 0 Å². The van der Waals surface area contributed by atoms with Crippen LogP contribution in [0.2, 0.25) is 0 Å². The molecule has 102 valence electrons. The number of rotatable bonds is 9. The maximum atomic E-state index is 5.48. The SMILES string of the molecule is CCCOc1ccnc(NC(C)CCSCC)n1. The fraction of sp³-hybridized carbons (Fsp3) is 0.692. The van der Waals surface area contributed by atoms with Crippen molar-refractivity contribution in [2.24, 2.45) is 0 Å². The van der Waals surface area contributed by atoms with E-state index in [0.717, 1.165) is 18.6 Å². The molecule has 0 saturated carbocycles. The smallest absolute Gasteiger partial charge is 0.226 e. The van der Waals surface area contributed by atoms with Crippen LogP contribution in [0.1, 0.15) is 33.6 Å². The fourth-order valence-corrected chi connectivity index (χ4v) is 2.20. The van der Waals surface area contributed by atoms with Gasteiger partial charge in [0.2, 0.25) is 11.8 Å². The summed E-state index contributed by atoms with van der Waals surface area (Å²) in [6.45, 7) is 7.10. The molecule has 1 N–H and O–H groups in total. The molecule has 1 heterocycles. The van der Waals surface area contributed by atoms with Gasteiger partial charge in [0, 0.05) is 18.3 Å². The lowest BCUT2D eigenvalue weighted by molar-refractivity contribution is 0.305. The van der Waals surface area contributed by atoms with Crippen molar-refractivity contribution >= 4 is 17.7 Å². The summed E-state index contributed by atoms with van der Waals surface area (Å²) in [5.41, 5.74) is 0. The predicted octanol–water partition coefficient (Wildman–Crippen LogP) is 3.21. The van der Waals surface area contributed by atoms with Gasteiger partial charge in [-0.05, 0) is 31.3 Å². The number of nitrogens with zero attached hydrogens (tertiary/aromatic N) is 2. The number of nitrogens with one attached hydrogen (secondary N) is 1. The lowest BCUT2D eigenvalue weighted by atomic mass is 10.3. The van der Waals surface area contributed by atoms with Crippen LogP contribution < -0.4 is 10.1 Å². The summed E-state index contributed by atoms with van der Waals surface area (Å²) < 4.78 is 5.48. The zero-order valence-electron chi connectivity index (χ0n) is 11.5. The molecule has 0 aromatic carbocycles. The van der Waals surface area contributed by atoms with Crippen molar-refractivity contribution < 1.29 is 4.74 Å². The number of anilines is 1. The van der Waals surface area contributed by atoms with E-state index < -0.39 is 0 Å². The number of thioether (sulfide) groups is 1. The topological polar surface area (TPSA) is 47.0 Å². The Hall–Kier alpha value is -0.970. The van der Waals surface area contributed by atoms with Gasteiger partial charge < -0.3 is 10.1 Å². The Kier molecular flexibility index (Phi) is 7.57. The Bertz CT molecular complexity index is 336. The molecule has 1 aromatic rings. The van der Waals surface area contributed by atoms with E-state index in [9.17, 15) is 0 Å². The average molecular weight is 269 g/mol. The molecule has 0 radical (unpaired) electrons. The minimum atomic E-state index is 0.380. The Morgan fingerprint density at radius 2 is 2.28 bits per heavy atom. The summed E-state index contributed by atoms with van der Waals surface area (Å²) in [6, 6.07) is 2.17. The molecule has 0 fully saturated rings. The zero-order chi connectivity index (χ0) is 13.2. The van der Waals surface area contributed by atoms with Crippen LogP contribution in [-0.4, -0.2) is 34.1 Å². The standard InChI is InChI=1S/C13H23N3OS/c1-4-9-17-12-6-8-14-13(16-12)15-11(3)7-10-18-5-2/h6,8,11H,4-5,7,9-10H2,1-3H3,(H,14,15,16). The molecule has 0 bridgehead atoms. The van der Waals surface area contributed by atoms with E-state index in [1.165, 1.54) is 5.75 Å². The lowest BCUT2D eigenvalue weighted by Gasteiger charge is -2.13. The highest BCUT2D eigenvalue weighted by Crippen LogP contribution is 2.11. The molecule has 0 saturated heterocycles. The molecule has 0 aliphatic carbocycles. The van der Waals surface area contributed by atoms with Crippen molar-refractivity contribution in [2.45, 2.75) is 39.7 Å². The summed E-state index contributed by atoms with van der Waals surface area (Å²) in [5, 5.41) is 3.30. The zero-order valence-corrected chi connectivity index (χ0v) is 12.3. The van der Waals surface area contributed by atoms with E-state index in [0.29, 0.717) is 24.5 Å². The van der Waals surface area contributed by atoms with Crippen molar-refractivity contribution in [3.05, 3.63) is 12.3 Å². The summed E-state index contributed by atoms with van der Waals surface area (Å²) in [6.07, 6.45) is 3.83. The molecule has 1 rings (SSSR count). The summed E-state index contributed by atoms with van der Waals surface area (Å²) in [5.74, 6) is 3.63. The highest BCUT2D eigenvalue weighted by molar-refractivity contribution is 7.99. The Labute approximate surface area is 114 Å². The van der Waals surface area contributed by atoms with Crippen LogP contribution >= 0.6 is 11.8 Å². The minimum Gasteiger partial charge on any atom is -0.478 e. The van der Waals surface area contributed by atoms with Gasteiger partial charge in [-0.2, -0.15) is 16.7 Å². The highest BCUT2D eigenvalue weighted by Gasteiger charge is 2.05. The number of ether oxygens (including phenoxy) is 1. The second kappa shape index (κ2) is 9.03. The predicted molar refractivity (Wildman–Crippen MR) is 78.5 cm³/mol. The molecule has 0 spiro atoms. The van der Waals surface area contributed by atoms with Crippen LogP contribution in [-0.2, 0) is 0 Å². The second-order valence-corrected chi connectivity index (χ2v) is 5.49. The van der Waals surface area contributed by atoms with Crippen molar-refractivity contribution in [3.8, 4) is 5.88 Å². The Balaban J connectivity index is 2.40. The minimum absolute atomic E-state index is 0.380. The van der Waals surface area contributed by atoms with Crippen molar-refractivity contribution in [1.29, 1.82) is 0 Å². The third kappa shape index (κ3) is 6.10. The van der Waals surface area contributed by atoms with E-state index in [1.54, 1.807) is 12.3 Å². The molecule has 0 aliphatic heterocycles. The molecule has 1 aromatic heterocycles. The molecular formula is C13H23N3OS. The van der Waals surface area contributed by atoms with Crippen LogP contribution in [0.3, 0.4) is 0 Å². The first-order chi connectivity index (χ1) is 8.76. The molecule has 0 aliphatic rings. The molecule has 0 amide bonds. The van der Waals surface area contributed by atoms with Crippen LogP contribution in [0.4, 0.5) is 5.95 Å². The van der Waals surface area contributed by atoms with Crippen LogP contribution in [0, 0.1) is 0 Å². The summed E-state index contributed by atoms with van der Waals surface area (Å²) >= 11 is 1.96. The van der Waals surface area contributed by atoms with Gasteiger partial charge in [-0.25, -0.2) is 4.98 Å². The summed E-state index contributed by atoms with van der Waals surface area (Å²) in [4.78, 5) is 8.53.